The smallest absolute Gasteiger partial charge is 0.199 e. The summed E-state index contributed by atoms with van der Waals surface area (Å²) in [7, 11) is -8.04. The lowest BCUT2D eigenvalue weighted by Gasteiger charge is -2.09. The van der Waals surface area contributed by atoms with Gasteiger partial charge in [0.25, 0.3) is 20.0 Å². The predicted octanol–water partition coefficient (Wildman–Crippen LogP) is 3.49. The number of halogens is 1. The van der Waals surface area contributed by atoms with Crippen molar-refractivity contribution in [3.63, 3.8) is 0 Å². The lowest BCUT2D eigenvalue weighted by atomic mass is 10.1. The monoisotopic (exact) mass is 464 g/mol. The van der Waals surface area contributed by atoms with Crippen molar-refractivity contribution in [1.82, 2.24) is 0 Å². The molecule has 1 aliphatic carbocycles. The summed E-state index contributed by atoms with van der Waals surface area (Å²) in [6.45, 7) is 0. The van der Waals surface area contributed by atoms with E-state index in [1.165, 1.54) is 36.4 Å². The quantitative estimate of drug-likeness (QED) is 0.647. The minimum Gasteiger partial charge on any atom is -0.199 e. The SMILES string of the molecule is O=S(=O)(N=C1C=C(Br)C=C/C1=N\S(=O)(=O)c1ccccc1)c1ccccc1. The van der Waals surface area contributed by atoms with Crippen molar-refractivity contribution < 1.29 is 16.8 Å². The Hall–Kier alpha value is -2.36. The summed E-state index contributed by atoms with van der Waals surface area (Å²) in [5, 5.41) is 0. The largest absolute Gasteiger partial charge is 0.282 e. The Bertz CT molecular complexity index is 1180. The first-order chi connectivity index (χ1) is 12.8. The second-order valence-corrected chi connectivity index (χ2v) is 9.52. The van der Waals surface area contributed by atoms with Crippen molar-refractivity contribution in [2.45, 2.75) is 9.79 Å². The lowest BCUT2D eigenvalue weighted by molar-refractivity contribution is 0.596. The Morgan fingerprint density at radius 1 is 0.630 bits per heavy atom. The molecule has 0 fully saturated rings. The zero-order chi connectivity index (χ0) is 19.5. The van der Waals surface area contributed by atoms with Gasteiger partial charge in [-0.3, -0.25) is 0 Å². The molecule has 138 valence electrons. The molecule has 2 aromatic rings. The molecule has 3 rings (SSSR count). The third-order valence-corrected chi connectivity index (χ3v) is 6.56. The third kappa shape index (κ3) is 4.68. The second-order valence-electron chi connectivity index (χ2n) is 5.39. The Balaban J connectivity index is 2.09. The maximum absolute atomic E-state index is 12.5. The van der Waals surface area contributed by atoms with E-state index in [2.05, 4.69) is 24.7 Å². The zero-order valence-corrected chi connectivity index (χ0v) is 16.9. The molecule has 0 N–H and O–H groups in total. The number of sulfonamides is 2. The predicted molar refractivity (Wildman–Crippen MR) is 108 cm³/mol. The molecule has 1 aliphatic rings. The first-order valence-electron chi connectivity index (χ1n) is 7.64. The van der Waals surface area contributed by atoms with Crippen molar-refractivity contribution in [1.29, 1.82) is 0 Å². The Morgan fingerprint density at radius 3 is 1.56 bits per heavy atom. The van der Waals surface area contributed by atoms with Gasteiger partial charge in [-0.2, -0.15) is 25.6 Å². The van der Waals surface area contributed by atoms with Gasteiger partial charge in [0.15, 0.2) is 0 Å². The molecular weight excluding hydrogens is 452 g/mol. The van der Waals surface area contributed by atoms with Crippen molar-refractivity contribution in [2.24, 2.45) is 8.80 Å². The fourth-order valence-corrected chi connectivity index (χ4v) is 4.58. The molecule has 0 aromatic heterocycles. The molecule has 0 saturated carbocycles. The summed E-state index contributed by atoms with van der Waals surface area (Å²) in [5.74, 6) is 0. The minimum absolute atomic E-state index is 0.00171. The second kappa shape index (κ2) is 7.71. The van der Waals surface area contributed by atoms with E-state index in [0.717, 1.165) is 0 Å². The molecule has 2 aromatic carbocycles. The Labute approximate surface area is 165 Å². The number of allylic oxidation sites excluding steroid dienone is 4. The van der Waals surface area contributed by atoms with Crippen molar-refractivity contribution >= 4 is 47.4 Å². The van der Waals surface area contributed by atoms with Gasteiger partial charge in [-0.15, -0.1) is 0 Å². The van der Waals surface area contributed by atoms with E-state index in [1.807, 2.05) is 0 Å². The molecule has 0 spiro atoms. The average molecular weight is 465 g/mol. The highest BCUT2D eigenvalue weighted by Crippen LogP contribution is 2.19. The Kier molecular flexibility index (Phi) is 5.54. The van der Waals surface area contributed by atoms with E-state index >= 15 is 0 Å². The van der Waals surface area contributed by atoms with Crippen LogP contribution in [-0.2, 0) is 20.0 Å². The van der Waals surface area contributed by atoms with Crippen LogP contribution < -0.4 is 0 Å². The fraction of sp³-hybridized carbons (Fsp3) is 0. The van der Waals surface area contributed by atoms with E-state index in [0.29, 0.717) is 4.48 Å². The Morgan fingerprint density at radius 2 is 1.07 bits per heavy atom. The molecule has 0 unspecified atom stereocenters. The lowest BCUT2D eigenvalue weighted by Crippen LogP contribution is -2.17. The van der Waals surface area contributed by atoms with Crippen LogP contribution in [0.25, 0.3) is 0 Å². The minimum atomic E-state index is -4.02. The third-order valence-electron chi connectivity index (χ3n) is 3.46. The van der Waals surface area contributed by atoms with Crippen molar-refractivity contribution in [3.05, 3.63) is 83.4 Å². The number of hydrogen-bond donors (Lipinski definition) is 0. The molecule has 9 heteroatoms. The zero-order valence-electron chi connectivity index (χ0n) is 13.7. The number of rotatable bonds is 4. The van der Waals surface area contributed by atoms with Gasteiger partial charge in [-0.25, -0.2) is 0 Å². The van der Waals surface area contributed by atoms with Gasteiger partial charge in [0.2, 0.25) is 0 Å². The van der Waals surface area contributed by atoms with Crippen LogP contribution in [0.2, 0.25) is 0 Å². The number of hydrogen-bond acceptors (Lipinski definition) is 4. The van der Waals surface area contributed by atoms with Gasteiger partial charge >= 0.3 is 0 Å². The molecule has 0 amide bonds. The van der Waals surface area contributed by atoms with E-state index in [4.69, 9.17) is 0 Å². The normalized spacial score (nSPS) is 17.9. The maximum Gasteiger partial charge on any atom is 0.282 e. The standard InChI is InChI=1S/C18H13BrN2O4S2/c19-14-11-12-17(20-26(22,23)15-7-3-1-4-8-15)18(13-14)21-27(24,25)16-9-5-2-6-10-16/h1-13H/b20-17+,21-18?. The van der Waals surface area contributed by atoms with Crippen molar-refractivity contribution in [2.75, 3.05) is 0 Å². The molecule has 0 radical (unpaired) electrons. The molecule has 0 aliphatic heterocycles. The molecular formula is C18H13BrN2O4S2. The van der Waals surface area contributed by atoms with Gasteiger partial charge in [-0.1, -0.05) is 52.3 Å². The van der Waals surface area contributed by atoms with E-state index in [9.17, 15) is 16.8 Å². The summed E-state index contributed by atoms with van der Waals surface area (Å²) in [6.07, 6.45) is 4.36. The topological polar surface area (TPSA) is 93.0 Å². The molecule has 0 atom stereocenters. The summed E-state index contributed by atoms with van der Waals surface area (Å²) in [4.78, 5) is 0.00614. The van der Waals surface area contributed by atoms with Crippen LogP contribution >= 0.6 is 15.9 Å². The summed E-state index contributed by atoms with van der Waals surface area (Å²) in [6, 6.07) is 15.3. The van der Waals surface area contributed by atoms with Gasteiger partial charge in [0.05, 0.1) is 9.79 Å². The highest BCUT2D eigenvalue weighted by molar-refractivity contribution is 9.11. The molecule has 27 heavy (non-hydrogen) atoms. The van der Waals surface area contributed by atoms with Crippen LogP contribution in [0.3, 0.4) is 0 Å². The van der Waals surface area contributed by atoms with Crippen LogP contribution in [0, 0.1) is 0 Å². The highest BCUT2D eigenvalue weighted by atomic mass is 79.9. The van der Waals surface area contributed by atoms with E-state index < -0.39 is 20.0 Å². The van der Waals surface area contributed by atoms with Gasteiger partial charge in [0.1, 0.15) is 11.4 Å². The van der Waals surface area contributed by atoms with Gasteiger partial charge < -0.3 is 0 Å². The first-order valence-corrected chi connectivity index (χ1v) is 11.3. The van der Waals surface area contributed by atoms with Crippen LogP contribution in [0.15, 0.2) is 102 Å². The summed E-state index contributed by atoms with van der Waals surface area (Å²) in [5.41, 5.74) is -0.144. The summed E-state index contributed by atoms with van der Waals surface area (Å²) >= 11 is 3.24. The number of nitrogens with zero attached hydrogens (tertiary/aromatic N) is 2. The first kappa shape index (κ1) is 19.4. The highest BCUT2D eigenvalue weighted by Gasteiger charge is 2.20. The van der Waals surface area contributed by atoms with Crippen molar-refractivity contribution in [3.8, 4) is 0 Å². The average Bonchev–Trinajstić information content (AvgIpc) is 2.65. The molecule has 0 bridgehead atoms. The van der Waals surface area contributed by atoms with Crippen LogP contribution in [-0.4, -0.2) is 28.3 Å². The molecule has 0 heterocycles. The van der Waals surface area contributed by atoms with Crippen LogP contribution in [0.1, 0.15) is 0 Å². The van der Waals surface area contributed by atoms with Crippen LogP contribution in [0.4, 0.5) is 0 Å². The summed E-state index contributed by atoms with van der Waals surface area (Å²) < 4.78 is 58.2. The van der Waals surface area contributed by atoms with E-state index in [-0.39, 0.29) is 21.2 Å². The maximum atomic E-state index is 12.5. The van der Waals surface area contributed by atoms with Crippen LogP contribution in [0.5, 0.6) is 0 Å². The van der Waals surface area contributed by atoms with E-state index in [1.54, 1.807) is 42.5 Å². The number of benzene rings is 2. The van der Waals surface area contributed by atoms with Gasteiger partial charge in [0, 0.05) is 4.48 Å². The molecule has 6 nitrogen and oxygen atoms in total. The van der Waals surface area contributed by atoms with Gasteiger partial charge in [-0.05, 0) is 42.5 Å². The fourth-order valence-electron chi connectivity index (χ4n) is 2.20. The molecule has 0 saturated heterocycles.